The monoisotopic (exact) mass is 184 g/mol. The summed E-state index contributed by atoms with van der Waals surface area (Å²) in [6.45, 7) is 4.03. The molecule has 74 valence electrons. The Hall–Kier alpha value is -0.570. The van der Waals surface area contributed by atoms with Crippen molar-refractivity contribution in [1.82, 2.24) is 0 Å². The van der Waals surface area contributed by atoms with E-state index < -0.39 is 5.97 Å². The number of hydrogen-bond acceptors (Lipinski definition) is 2. The fourth-order valence-corrected chi connectivity index (χ4v) is 3.32. The molecule has 13 heavy (non-hydrogen) atoms. The van der Waals surface area contributed by atoms with Crippen molar-refractivity contribution in [2.75, 3.05) is 0 Å². The van der Waals surface area contributed by atoms with Gasteiger partial charge in [-0.3, -0.25) is 4.79 Å². The molecule has 2 fully saturated rings. The summed E-state index contributed by atoms with van der Waals surface area (Å²) in [4.78, 5) is 11.0. The Labute approximate surface area is 77.8 Å². The quantitative estimate of drug-likeness (QED) is 0.642. The number of aliphatic hydroxyl groups excluding tert-OH is 1. The van der Waals surface area contributed by atoms with Gasteiger partial charge in [0.15, 0.2) is 0 Å². The van der Waals surface area contributed by atoms with Crippen molar-refractivity contribution in [1.29, 1.82) is 0 Å². The van der Waals surface area contributed by atoms with E-state index in [1.165, 1.54) is 0 Å². The number of fused-ring (bicyclic) bond motifs is 2. The van der Waals surface area contributed by atoms with Crippen LogP contribution in [0.2, 0.25) is 0 Å². The van der Waals surface area contributed by atoms with Crippen LogP contribution in [0, 0.1) is 23.2 Å². The largest absolute Gasteiger partial charge is 0.481 e. The number of carboxylic acids is 1. The number of rotatable bonds is 1. The highest BCUT2D eigenvalue weighted by Crippen LogP contribution is 2.59. The maximum absolute atomic E-state index is 11.0. The van der Waals surface area contributed by atoms with E-state index in [1.807, 2.05) is 13.8 Å². The van der Waals surface area contributed by atoms with Crippen LogP contribution in [0.4, 0.5) is 0 Å². The summed E-state index contributed by atoms with van der Waals surface area (Å²) in [6.07, 6.45) is 1.31. The number of aliphatic hydroxyl groups is 1. The molecule has 0 amide bonds. The third-order valence-electron chi connectivity index (χ3n) is 4.12. The summed E-state index contributed by atoms with van der Waals surface area (Å²) in [6, 6.07) is 0. The first-order valence-electron chi connectivity index (χ1n) is 4.85. The molecule has 0 radical (unpaired) electrons. The molecule has 0 aromatic heterocycles. The van der Waals surface area contributed by atoms with Gasteiger partial charge < -0.3 is 10.2 Å². The molecule has 2 rings (SSSR count). The van der Waals surface area contributed by atoms with Gasteiger partial charge in [0.1, 0.15) is 0 Å². The lowest BCUT2D eigenvalue weighted by Gasteiger charge is -2.37. The van der Waals surface area contributed by atoms with Crippen LogP contribution in [0.1, 0.15) is 26.7 Å². The molecule has 3 heteroatoms. The second kappa shape index (κ2) is 2.47. The molecule has 2 N–H and O–H groups in total. The SMILES string of the molecule is CC1(C)C2CC(O)C(C2)C1C(=O)O. The minimum absolute atomic E-state index is 0.00231. The van der Waals surface area contributed by atoms with Crippen LogP contribution >= 0.6 is 0 Å². The van der Waals surface area contributed by atoms with E-state index in [-0.39, 0.29) is 23.4 Å². The molecule has 0 aliphatic heterocycles. The van der Waals surface area contributed by atoms with E-state index >= 15 is 0 Å². The van der Waals surface area contributed by atoms with Crippen molar-refractivity contribution in [3.8, 4) is 0 Å². The minimum atomic E-state index is -0.740. The average Bonchev–Trinajstić information content (AvgIpc) is 2.40. The highest BCUT2D eigenvalue weighted by molar-refractivity contribution is 5.72. The van der Waals surface area contributed by atoms with E-state index in [1.54, 1.807) is 0 Å². The van der Waals surface area contributed by atoms with Gasteiger partial charge in [0.05, 0.1) is 12.0 Å². The molecule has 0 aromatic carbocycles. The highest BCUT2D eigenvalue weighted by atomic mass is 16.4. The zero-order valence-corrected chi connectivity index (χ0v) is 8.03. The van der Waals surface area contributed by atoms with Crippen molar-refractivity contribution in [3.05, 3.63) is 0 Å². The zero-order valence-electron chi connectivity index (χ0n) is 8.03. The van der Waals surface area contributed by atoms with Crippen molar-refractivity contribution in [2.24, 2.45) is 23.2 Å². The summed E-state index contributed by atoms with van der Waals surface area (Å²) in [7, 11) is 0. The second-order valence-corrected chi connectivity index (χ2v) is 5.04. The van der Waals surface area contributed by atoms with Gasteiger partial charge in [0.25, 0.3) is 0 Å². The maximum atomic E-state index is 11.0. The number of carboxylic acid groups (broad SMARTS) is 1. The van der Waals surface area contributed by atoms with Crippen molar-refractivity contribution >= 4 is 5.97 Å². The lowest BCUT2D eigenvalue weighted by atomic mass is 9.68. The predicted molar refractivity (Wildman–Crippen MR) is 47.1 cm³/mol. The van der Waals surface area contributed by atoms with Crippen molar-refractivity contribution < 1.29 is 15.0 Å². The van der Waals surface area contributed by atoms with Crippen LogP contribution in [0.3, 0.4) is 0 Å². The summed E-state index contributed by atoms with van der Waals surface area (Å²) < 4.78 is 0. The van der Waals surface area contributed by atoms with Gasteiger partial charge in [-0.1, -0.05) is 13.8 Å². The standard InChI is InChI=1S/C10H16O3/c1-10(2)5-3-6(7(11)4-5)8(10)9(12)13/h5-8,11H,3-4H2,1-2H3,(H,12,13). The van der Waals surface area contributed by atoms with Gasteiger partial charge in [0, 0.05) is 0 Å². The summed E-state index contributed by atoms with van der Waals surface area (Å²) >= 11 is 0. The molecule has 0 heterocycles. The smallest absolute Gasteiger partial charge is 0.307 e. The molecule has 2 aliphatic carbocycles. The Balaban J connectivity index is 2.31. The van der Waals surface area contributed by atoms with Crippen molar-refractivity contribution in [3.63, 3.8) is 0 Å². The first kappa shape index (κ1) is 9.00. The van der Waals surface area contributed by atoms with Gasteiger partial charge in [-0.2, -0.15) is 0 Å². The van der Waals surface area contributed by atoms with Gasteiger partial charge >= 0.3 is 5.97 Å². The molecular formula is C10H16O3. The molecule has 4 unspecified atom stereocenters. The van der Waals surface area contributed by atoms with Gasteiger partial charge in [-0.25, -0.2) is 0 Å². The first-order chi connectivity index (χ1) is 5.94. The van der Waals surface area contributed by atoms with Crippen LogP contribution in [-0.2, 0) is 4.79 Å². The molecular weight excluding hydrogens is 168 g/mol. The van der Waals surface area contributed by atoms with Crippen LogP contribution in [0.25, 0.3) is 0 Å². The van der Waals surface area contributed by atoms with Crippen molar-refractivity contribution in [2.45, 2.75) is 32.8 Å². The highest BCUT2D eigenvalue weighted by Gasteiger charge is 2.59. The van der Waals surface area contributed by atoms with Crippen LogP contribution < -0.4 is 0 Å². The molecule has 2 bridgehead atoms. The molecule has 0 spiro atoms. The van der Waals surface area contributed by atoms with Gasteiger partial charge in [-0.15, -0.1) is 0 Å². The lowest BCUT2D eigenvalue weighted by molar-refractivity contribution is -0.151. The Morgan fingerprint density at radius 2 is 2.00 bits per heavy atom. The third-order valence-corrected chi connectivity index (χ3v) is 4.12. The van der Waals surface area contributed by atoms with Gasteiger partial charge in [0.2, 0.25) is 0 Å². The Morgan fingerprint density at radius 3 is 2.38 bits per heavy atom. The zero-order chi connectivity index (χ0) is 9.80. The molecule has 2 saturated carbocycles. The summed E-state index contributed by atoms with van der Waals surface area (Å²) in [5.74, 6) is -0.691. The molecule has 4 atom stereocenters. The predicted octanol–water partition coefficient (Wildman–Crippen LogP) is 1.11. The fourth-order valence-electron chi connectivity index (χ4n) is 3.32. The van der Waals surface area contributed by atoms with E-state index in [4.69, 9.17) is 5.11 Å². The molecule has 2 aliphatic rings. The Kier molecular flexibility index (Phi) is 1.71. The minimum Gasteiger partial charge on any atom is -0.481 e. The summed E-state index contributed by atoms with van der Waals surface area (Å²) in [5.41, 5.74) is -0.129. The van der Waals surface area contributed by atoms with Crippen LogP contribution in [0.15, 0.2) is 0 Å². The topological polar surface area (TPSA) is 57.5 Å². The second-order valence-electron chi connectivity index (χ2n) is 5.04. The third kappa shape index (κ3) is 1.03. The normalized spacial score (nSPS) is 46.7. The van der Waals surface area contributed by atoms with Crippen LogP contribution in [-0.4, -0.2) is 22.3 Å². The van der Waals surface area contributed by atoms with E-state index in [0.29, 0.717) is 5.92 Å². The molecule has 0 saturated heterocycles. The Morgan fingerprint density at radius 1 is 1.38 bits per heavy atom. The van der Waals surface area contributed by atoms with E-state index in [9.17, 15) is 9.90 Å². The fraction of sp³-hybridized carbons (Fsp3) is 0.900. The molecule has 3 nitrogen and oxygen atoms in total. The molecule has 0 aromatic rings. The van der Waals surface area contributed by atoms with Crippen LogP contribution in [0.5, 0.6) is 0 Å². The van der Waals surface area contributed by atoms with Gasteiger partial charge in [-0.05, 0) is 30.1 Å². The number of aliphatic carboxylic acids is 1. The number of carbonyl (C=O) groups is 1. The Bertz CT molecular complexity index is 247. The average molecular weight is 184 g/mol. The van der Waals surface area contributed by atoms with E-state index in [2.05, 4.69) is 0 Å². The lowest BCUT2D eigenvalue weighted by Crippen LogP contribution is -2.41. The maximum Gasteiger partial charge on any atom is 0.307 e. The first-order valence-corrected chi connectivity index (χ1v) is 4.85. The summed E-state index contributed by atoms with van der Waals surface area (Å²) in [5, 5.41) is 18.7. The number of hydrogen-bond donors (Lipinski definition) is 2. The van der Waals surface area contributed by atoms with E-state index in [0.717, 1.165) is 12.8 Å².